The largest absolute Gasteiger partial charge is 0.272 e. The van der Waals surface area contributed by atoms with E-state index in [1.165, 1.54) is 6.07 Å². The Morgan fingerprint density at radius 3 is 2.83 bits per heavy atom. The first-order valence-electron chi connectivity index (χ1n) is 5.36. The first kappa shape index (κ1) is 13.2. The first-order chi connectivity index (χ1) is 8.58. The number of halogens is 1. The number of nitro benzene ring substituents is 1. The second-order valence-corrected chi connectivity index (χ2v) is 6.21. The van der Waals surface area contributed by atoms with Crippen LogP contribution in [-0.4, -0.2) is 9.91 Å². The van der Waals surface area contributed by atoms with E-state index in [-0.39, 0.29) is 15.4 Å². The van der Waals surface area contributed by atoms with Crippen LogP contribution >= 0.6 is 27.3 Å². The number of nitro groups is 1. The van der Waals surface area contributed by atoms with E-state index in [9.17, 15) is 10.1 Å². The zero-order valence-corrected chi connectivity index (χ0v) is 12.1. The maximum atomic E-state index is 10.9. The van der Waals surface area contributed by atoms with Crippen molar-refractivity contribution in [1.29, 1.82) is 0 Å². The summed E-state index contributed by atoms with van der Waals surface area (Å²) < 4.78 is 0. The van der Waals surface area contributed by atoms with Crippen LogP contribution in [0.5, 0.6) is 0 Å². The molecule has 0 spiro atoms. The normalized spacial score (nSPS) is 12.3. The summed E-state index contributed by atoms with van der Waals surface area (Å²) in [6.45, 7) is 1.94. The number of aryl methyl sites for hydroxylation is 1. The van der Waals surface area contributed by atoms with Gasteiger partial charge in [0.15, 0.2) is 0 Å². The Kier molecular flexibility index (Phi) is 4.08. The molecule has 0 aliphatic heterocycles. The molecule has 0 aliphatic carbocycles. The van der Waals surface area contributed by atoms with Gasteiger partial charge in [-0.1, -0.05) is 34.1 Å². The van der Waals surface area contributed by atoms with Crippen LogP contribution in [0.3, 0.4) is 0 Å². The van der Waals surface area contributed by atoms with Crippen molar-refractivity contribution in [3.63, 3.8) is 0 Å². The minimum Gasteiger partial charge on any atom is -0.258 e. The standard InChI is InChI=1S/C12H11BrN2O2S/c1-8-14-7-12(18-8)10(13)6-9-4-2-3-5-11(9)15(16)17/h2-5,7,10H,6H2,1H3. The zero-order valence-electron chi connectivity index (χ0n) is 9.67. The van der Waals surface area contributed by atoms with Gasteiger partial charge in [0.2, 0.25) is 0 Å². The maximum Gasteiger partial charge on any atom is 0.272 e. The molecule has 18 heavy (non-hydrogen) atoms. The molecule has 0 saturated heterocycles. The topological polar surface area (TPSA) is 56.0 Å². The van der Waals surface area contributed by atoms with Crippen LogP contribution in [0.25, 0.3) is 0 Å². The number of nitrogens with zero attached hydrogens (tertiary/aromatic N) is 2. The summed E-state index contributed by atoms with van der Waals surface area (Å²) in [5.74, 6) is 0. The van der Waals surface area contributed by atoms with E-state index >= 15 is 0 Å². The van der Waals surface area contributed by atoms with Crippen LogP contribution < -0.4 is 0 Å². The van der Waals surface area contributed by atoms with E-state index < -0.39 is 0 Å². The van der Waals surface area contributed by atoms with Crippen molar-refractivity contribution in [1.82, 2.24) is 4.98 Å². The molecule has 0 amide bonds. The lowest BCUT2D eigenvalue weighted by atomic mass is 10.1. The van der Waals surface area contributed by atoms with Gasteiger partial charge in [-0.25, -0.2) is 4.98 Å². The second kappa shape index (κ2) is 5.58. The lowest BCUT2D eigenvalue weighted by Crippen LogP contribution is -1.98. The van der Waals surface area contributed by atoms with E-state index in [0.29, 0.717) is 6.42 Å². The van der Waals surface area contributed by atoms with Crippen molar-refractivity contribution >= 4 is 33.0 Å². The third kappa shape index (κ3) is 2.94. The molecule has 6 heteroatoms. The van der Waals surface area contributed by atoms with Gasteiger partial charge >= 0.3 is 0 Å². The third-order valence-corrected chi connectivity index (χ3v) is 4.68. The Morgan fingerprint density at radius 1 is 1.50 bits per heavy atom. The van der Waals surface area contributed by atoms with E-state index in [0.717, 1.165) is 15.4 Å². The van der Waals surface area contributed by atoms with Gasteiger partial charge in [-0.05, 0) is 13.3 Å². The molecule has 1 aromatic carbocycles. The van der Waals surface area contributed by atoms with Gasteiger partial charge in [-0.2, -0.15) is 0 Å². The van der Waals surface area contributed by atoms with Gasteiger partial charge < -0.3 is 0 Å². The fourth-order valence-electron chi connectivity index (χ4n) is 1.68. The van der Waals surface area contributed by atoms with Crippen molar-refractivity contribution in [3.05, 3.63) is 56.0 Å². The fourth-order valence-corrected chi connectivity index (χ4v) is 3.19. The van der Waals surface area contributed by atoms with Gasteiger partial charge in [-0.15, -0.1) is 11.3 Å². The van der Waals surface area contributed by atoms with E-state index in [1.807, 2.05) is 19.2 Å². The highest BCUT2D eigenvalue weighted by Crippen LogP contribution is 2.33. The SMILES string of the molecule is Cc1ncc(C(Br)Cc2ccccc2[N+](=O)[O-])s1. The van der Waals surface area contributed by atoms with Crippen molar-refractivity contribution in [3.8, 4) is 0 Å². The summed E-state index contributed by atoms with van der Waals surface area (Å²) >= 11 is 5.17. The smallest absolute Gasteiger partial charge is 0.258 e. The average molecular weight is 327 g/mol. The molecule has 0 saturated carbocycles. The zero-order chi connectivity index (χ0) is 13.1. The predicted octanol–water partition coefficient (Wildman–Crippen LogP) is 4.04. The molecule has 1 atom stereocenters. The highest BCUT2D eigenvalue weighted by Gasteiger charge is 2.18. The Labute approximate surface area is 117 Å². The number of hydrogen-bond donors (Lipinski definition) is 0. The first-order valence-corrected chi connectivity index (χ1v) is 7.10. The fraction of sp³-hybridized carbons (Fsp3) is 0.250. The van der Waals surface area contributed by atoms with Crippen LogP contribution in [0.4, 0.5) is 5.69 Å². The van der Waals surface area contributed by atoms with Gasteiger partial charge in [0, 0.05) is 22.7 Å². The minimum absolute atomic E-state index is 0.0600. The van der Waals surface area contributed by atoms with Gasteiger partial charge in [-0.3, -0.25) is 10.1 Å². The molecule has 0 bridgehead atoms. The molecule has 0 N–H and O–H groups in total. The lowest BCUT2D eigenvalue weighted by Gasteiger charge is -2.07. The van der Waals surface area contributed by atoms with E-state index in [4.69, 9.17) is 0 Å². The van der Waals surface area contributed by atoms with Crippen molar-refractivity contribution < 1.29 is 4.92 Å². The van der Waals surface area contributed by atoms with E-state index in [2.05, 4.69) is 20.9 Å². The molecule has 1 unspecified atom stereocenters. The molecule has 1 aromatic heterocycles. The number of rotatable bonds is 4. The molecular weight excluding hydrogens is 316 g/mol. The van der Waals surface area contributed by atoms with Crippen molar-refractivity contribution in [2.75, 3.05) is 0 Å². The summed E-state index contributed by atoms with van der Waals surface area (Å²) in [5.41, 5.74) is 0.901. The van der Waals surface area contributed by atoms with Crippen LogP contribution in [-0.2, 0) is 6.42 Å². The molecule has 4 nitrogen and oxygen atoms in total. The summed E-state index contributed by atoms with van der Waals surface area (Å²) in [5, 5.41) is 11.9. The van der Waals surface area contributed by atoms with E-state index in [1.54, 1.807) is 23.5 Å². The molecule has 0 radical (unpaired) electrons. The minimum atomic E-state index is -0.340. The molecule has 94 valence electrons. The van der Waals surface area contributed by atoms with Crippen LogP contribution in [0, 0.1) is 17.0 Å². The Morgan fingerprint density at radius 2 is 2.22 bits per heavy atom. The Bertz CT molecular complexity index is 571. The molecule has 2 aromatic rings. The number of benzene rings is 1. The number of alkyl halides is 1. The van der Waals surface area contributed by atoms with Crippen molar-refractivity contribution in [2.24, 2.45) is 0 Å². The van der Waals surface area contributed by atoms with Crippen LogP contribution in [0.15, 0.2) is 30.5 Å². The highest BCUT2D eigenvalue weighted by molar-refractivity contribution is 9.09. The number of hydrogen-bond acceptors (Lipinski definition) is 4. The Balaban J connectivity index is 2.21. The predicted molar refractivity (Wildman–Crippen MR) is 75.3 cm³/mol. The number of para-hydroxylation sites is 1. The quantitative estimate of drug-likeness (QED) is 0.484. The summed E-state index contributed by atoms with van der Waals surface area (Å²) in [6, 6.07) is 6.83. The molecule has 0 aliphatic rings. The monoisotopic (exact) mass is 326 g/mol. The average Bonchev–Trinajstić information content (AvgIpc) is 2.76. The van der Waals surface area contributed by atoms with Crippen LogP contribution in [0.1, 0.15) is 20.3 Å². The summed E-state index contributed by atoms with van der Waals surface area (Å²) in [4.78, 5) is 15.9. The Hall–Kier alpha value is -1.27. The number of thiazole rings is 1. The second-order valence-electron chi connectivity index (χ2n) is 3.84. The molecule has 2 rings (SSSR count). The van der Waals surface area contributed by atoms with Gasteiger partial charge in [0.05, 0.1) is 14.8 Å². The molecule has 0 fully saturated rings. The summed E-state index contributed by atoms with van der Waals surface area (Å²) in [7, 11) is 0. The van der Waals surface area contributed by atoms with Gasteiger partial charge in [0.1, 0.15) is 0 Å². The highest BCUT2D eigenvalue weighted by atomic mass is 79.9. The molecule has 1 heterocycles. The van der Waals surface area contributed by atoms with Crippen molar-refractivity contribution in [2.45, 2.75) is 18.2 Å². The summed E-state index contributed by atoms with van der Waals surface area (Å²) in [6.07, 6.45) is 2.40. The molecular formula is C12H11BrN2O2S. The third-order valence-electron chi connectivity index (χ3n) is 2.54. The van der Waals surface area contributed by atoms with Gasteiger partial charge in [0.25, 0.3) is 5.69 Å². The number of aromatic nitrogens is 1. The maximum absolute atomic E-state index is 10.9. The lowest BCUT2D eigenvalue weighted by molar-refractivity contribution is -0.385. The van der Waals surface area contributed by atoms with Crippen LogP contribution in [0.2, 0.25) is 0 Å².